The maximum absolute atomic E-state index is 15.8. The molecule has 1 heterocycles. The second-order valence-corrected chi connectivity index (χ2v) is 12.7. The van der Waals surface area contributed by atoms with Crippen LogP contribution < -0.4 is 10.9 Å². The molecule has 0 aliphatic heterocycles. The lowest BCUT2D eigenvalue weighted by atomic mass is 9.90. The lowest BCUT2D eigenvalue weighted by molar-refractivity contribution is -0.126. The Labute approximate surface area is 256 Å². The largest absolute Gasteiger partial charge is 0.347 e. The summed E-state index contributed by atoms with van der Waals surface area (Å²) in [7, 11) is 3.99. The van der Waals surface area contributed by atoms with Crippen molar-refractivity contribution in [1.29, 1.82) is 0 Å². The highest BCUT2D eigenvalue weighted by molar-refractivity contribution is 5.83. The summed E-state index contributed by atoms with van der Waals surface area (Å²) in [6.07, 6.45) is 3.64. The Balaban J connectivity index is 2.09. The lowest BCUT2D eigenvalue weighted by Crippen LogP contribution is -2.40. The highest BCUT2D eigenvalue weighted by Crippen LogP contribution is 2.33. The van der Waals surface area contributed by atoms with Crippen LogP contribution in [0.3, 0.4) is 0 Å². The molecular formula is C36H48FN3O3. The summed E-state index contributed by atoms with van der Waals surface area (Å²) in [5.74, 6) is -0.700. The molecule has 0 spiro atoms. The van der Waals surface area contributed by atoms with E-state index in [9.17, 15) is 14.4 Å². The van der Waals surface area contributed by atoms with E-state index in [1.165, 1.54) is 11.5 Å². The minimum atomic E-state index is -0.885. The Hall–Kier alpha value is -3.58. The van der Waals surface area contributed by atoms with E-state index in [-0.39, 0.29) is 23.3 Å². The standard InChI is InChI=1S/C36H48FN3O3/c1-22(2)13-14-32(40-21-28(15-16-39(8)9)25(5)18-33(40)42)36(43)38-31(19-27(7)41)30-20-29(17-26(6)35(30)37)34-23(3)11-10-12-24(34)4/h10-12,17-18,20-22,31-32H,13-16,19H2,1-9H3,(H,38,43)/t31-,32-/m0/s1. The number of amides is 1. The van der Waals surface area contributed by atoms with Crippen molar-refractivity contribution in [3.63, 3.8) is 0 Å². The number of rotatable bonds is 13. The molecule has 1 N–H and O–H groups in total. The summed E-state index contributed by atoms with van der Waals surface area (Å²) < 4.78 is 17.3. The molecule has 3 aromatic rings. The van der Waals surface area contributed by atoms with Gasteiger partial charge in [-0.2, -0.15) is 0 Å². The quantitative estimate of drug-likeness (QED) is 0.238. The van der Waals surface area contributed by atoms with Crippen LogP contribution in [-0.2, 0) is 16.0 Å². The first kappa shape index (κ1) is 33.9. The average molecular weight is 590 g/mol. The summed E-state index contributed by atoms with van der Waals surface area (Å²) in [5, 5.41) is 3.01. The van der Waals surface area contributed by atoms with Gasteiger partial charge in [0.05, 0.1) is 6.04 Å². The van der Waals surface area contributed by atoms with E-state index in [1.54, 1.807) is 25.3 Å². The number of aromatic nitrogens is 1. The molecule has 232 valence electrons. The number of aryl methyl sites for hydroxylation is 4. The minimum Gasteiger partial charge on any atom is -0.347 e. The van der Waals surface area contributed by atoms with Crippen LogP contribution in [0.25, 0.3) is 11.1 Å². The van der Waals surface area contributed by atoms with Crippen molar-refractivity contribution >= 4 is 11.7 Å². The van der Waals surface area contributed by atoms with Gasteiger partial charge in [0, 0.05) is 30.8 Å². The first-order valence-corrected chi connectivity index (χ1v) is 15.2. The molecule has 0 saturated carbocycles. The van der Waals surface area contributed by atoms with Crippen molar-refractivity contribution in [2.24, 2.45) is 5.92 Å². The van der Waals surface area contributed by atoms with E-state index in [0.717, 1.165) is 52.8 Å². The second-order valence-electron chi connectivity index (χ2n) is 12.7. The summed E-state index contributed by atoms with van der Waals surface area (Å²) in [6.45, 7) is 14.0. The molecule has 0 aliphatic rings. The number of pyridine rings is 1. The van der Waals surface area contributed by atoms with Gasteiger partial charge in [0.25, 0.3) is 5.56 Å². The van der Waals surface area contributed by atoms with Crippen molar-refractivity contribution in [2.45, 2.75) is 86.2 Å². The van der Waals surface area contributed by atoms with Crippen molar-refractivity contribution in [3.05, 3.63) is 92.1 Å². The highest BCUT2D eigenvalue weighted by Gasteiger charge is 2.28. The van der Waals surface area contributed by atoms with Crippen LogP contribution >= 0.6 is 0 Å². The van der Waals surface area contributed by atoms with Crippen LogP contribution in [0.1, 0.15) is 85.5 Å². The number of likely N-dealkylation sites (N-methyl/N-ethyl adjacent to an activating group) is 1. The number of halogens is 1. The third kappa shape index (κ3) is 8.73. The molecular weight excluding hydrogens is 541 g/mol. The number of ketones is 1. The predicted molar refractivity (Wildman–Crippen MR) is 173 cm³/mol. The van der Waals surface area contributed by atoms with Gasteiger partial charge in [-0.3, -0.25) is 14.4 Å². The molecule has 0 fully saturated rings. The molecule has 1 amide bonds. The molecule has 6 nitrogen and oxygen atoms in total. The van der Waals surface area contributed by atoms with Crippen molar-refractivity contribution in [3.8, 4) is 11.1 Å². The molecule has 7 heteroatoms. The van der Waals surface area contributed by atoms with E-state index in [4.69, 9.17) is 0 Å². The second kappa shape index (κ2) is 14.7. The van der Waals surface area contributed by atoms with E-state index in [0.29, 0.717) is 17.9 Å². The average Bonchev–Trinajstić information content (AvgIpc) is 2.90. The number of hydrogen-bond acceptors (Lipinski definition) is 4. The van der Waals surface area contributed by atoms with Gasteiger partial charge in [-0.1, -0.05) is 32.0 Å². The van der Waals surface area contributed by atoms with Crippen molar-refractivity contribution in [1.82, 2.24) is 14.8 Å². The Kier molecular flexibility index (Phi) is 11.6. The van der Waals surface area contributed by atoms with Crippen molar-refractivity contribution in [2.75, 3.05) is 20.6 Å². The van der Waals surface area contributed by atoms with Gasteiger partial charge in [0.15, 0.2) is 0 Å². The van der Waals surface area contributed by atoms with Gasteiger partial charge >= 0.3 is 0 Å². The molecule has 43 heavy (non-hydrogen) atoms. The zero-order valence-corrected chi connectivity index (χ0v) is 27.3. The van der Waals surface area contributed by atoms with E-state index in [2.05, 4.69) is 24.1 Å². The third-order valence-corrected chi connectivity index (χ3v) is 8.12. The number of carbonyl (C=O) groups excluding carboxylic acids is 2. The summed E-state index contributed by atoms with van der Waals surface area (Å²) in [4.78, 5) is 41.9. The number of carbonyl (C=O) groups is 2. The first-order chi connectivity index (χ1) is 20.2. The SMILES string of the molecule is CC(=O)C[C@H](NC(=O)[C@H](CCC(C)C)n1cc(CCN(C)C)c(C)cc1=O)c1cc(-c2c(C)cccc2C)cc(C)c1F. The van der Waals surface area contributed by atoms with E-state index in [1.807, 2.05) is 59.1 Å². The fourth-order valence-electron chi connectivity index (χ4n) is 5.68. The van der Waals surface area contributed by atoms with Gasteiger partial charge in [-0.05, 0) is 125 Å². The lowest BCUT2D eigenvalue weighted by Gasteiger charge is -2.26. The number of Topliss-reactive ketones (excluding diaryl/α,β-unsaturated/α-hetero) is 1. The monoisotopic (exact) mass is 589 g/mol. The first-order valence-electron chi connectivity index (χ1n) is 15.2. The molecule has 0 saturated heterocycles. The maximum atomic E-state index is 15.8. The zero-order chi connectivity index (χ0) is 32.0. The van der Waals surface area contributed by atoms with Gasteiger partial charge in [0.2, 0.25) is 5.91 Å². The molecule has 3 rings (SSSR count). The Morgan fingerprint density at radius 1 is 0.953 bits per heavy atom. The molecule has 0 aliphatic carbocycles. The van der Waals surface area contributed by atoms with Crippen LogP contribution in [0.4, 0.5) is 4.39 Å². The summed E-state index contributed by atoms with van der Waals surface area (Å²) in [5.41, 5.74) is 6.30. The van der Waals surface area contributed by atoms with E-state index < -0.39 is 23.8 Å². The molecule has 0 radical (unpaired) electrons. The van der Waals surface area contributed by atoms with Gasteiger partial charge in [-0.15, -0.1) is 0 Å². The summed E-state index contributed by atoms with van der Waals surface area (Å²) >= 11 is 0. The molecule has 2 aromatic carbocycles. The Morgan fingerprint density at radius 3 is 2.19 bits per heavy atom. The highest BCUT2D eigenvalue weighted by atomic mass is 19.1. The number of benzene rings is 2. The molecule has 0 bridgehead atoms. The third-order valence-electron chi connectivity index (χ3n) is 8.12. The number of hydrogen-bond donors (Lipinski definition) is 1. The van der Waals surface area contributed by atoms with Crippen LogP contribution in [0.15, 0.2) is 47.4 Å². The Bertz CT molecular complexity index is 1500. The van der Waals surface area contributed by atoms with E-state index >= 15 is 4.39 Å². The van der Waals surface area contributed by atoms with Crippen LogP contribution in [0.2, 0.25) is 0 Å². The minimum absolute atomic E-state index is 0.0634. The topological polar surface area (TPSA) is 71.4 Å². The van der Waals surface area contributed by atoms with Crippen LogP contribution in [0, 0.1) is 39.4 Å². The molecule has 2 atom stereocenters. The summed E-state index contributed by atoms with van der Waals surface area (Å²) in [6, 6.07) is 9.49. The van der Waals surface area contributed by atoms with Crippen molar-refractivity contribution < 1.29 is 14.0 Å². The van der Waals surface area contributed by atoms with Gasteiger partial charge < -0.3 is 14.8 Å². The predicted octanol–water partition coefficient (Wildman–Crippen LogP) is 6.81. The number of nitrogens with zero attached hydrogens (tertiary/aromatic N) is 2. The Morgan fingerprint density at radius 2 is 1.60 bits per heavy atom. The molecule has 0 unspecified atom stereocenters. The normalized spacial score (nSPS) is 12.9. The maximum Gasteiger partial charge on any atom is 0.251 e. The fraction of sp³-hybridized carbons (Fsp3) is 0.472. The van der Waals surface area contributed by atoms with Gasteiger partial charge in [0.1, 0.15) is 17.6 Å². The smallest absolute Gasteiger partial charge is 0.251 e. The fourth-order valence-corrected chi connectivity index (χ4v) is 5.68. The zero-order valence-electron chi connectivity index (χ0n) is 27.3. The van der Waals surface area contributed by atoms with Crippen LogP contribution in [0.5, 0.6) is 0 Å². The van der Waals surface area contributed by atoms with Crippen LogP contribution in [-0.4, -0.2) is 41.8 Å². The molecule has 1 aromatic heterocycles. The van der Waals surface area contributed by atoms with Gasteiger partial charge in [-0.25, -0.2) is 4.39 Å². The number of nitrogens with one attached hydrogen (secondary N) is 1.